The Balaban J connectivity index is 2.09. The molecule has 2 N–H and O–H groups in total. The van der Waals surface area contributed by atoms with Gasteiger partial charge in [-0.15, -0.1) is 0 Å². The molecule has 108 valence electrons. The van der Waals surface area contributed by atoms with Gasteiger partial charge >= 0.3 is 0 Å². The molecule has 1 aliphatic rings. The van der Waals surface area contributed by atoms with Crippen molar-refractivity contribution in [3.05, 3.63) is 0 Å². The fourth-order valence-electron chi connectivity index (χ4n) is 2.49. The number of piperidine rings is 1. The zero-order valence-electron chi connectivity index (χ0n) is 12.2. The van der Waals surface area contributed by atoms with E-state index in [9.17, 15) is 5.11 Å². The third kappa shape index (κ3) is 6.69. The van der Waals surface area contributed by atoms with Crippen LogP contribution in [0.15, 0.2) is 0 Å². The molecule has 0 aromatic carbocycles. The summed E-state index contributed by atoms with van der Waals surface area (Å²) in [5, 5.41) is 13.2. The maximum Gasteiger partial charge on any atom is 0.0900 e. The maximum absolute atomic E-state index is 9.69. The van der Waals surface area contributed by atoms with Gasteiger partial charge in [0.15, 0.2) is 0 Å². The van der Waals surface area contributed by atoms with Crippen molar-refractivity contribution >= 4 is 0 Å². The Morgan fingerprint density at radius 2 is 2.00 bits per heavy atom. The lowest BCUT2D eigenvalue weighted by molar-refractivity contribution is 0.0292. The molecule has 1 aliphatic heterocycles. The van der Waals surface area contributed by atoms with Crippen LogP contribution in [0, 0.1) is 11.8 Å². The lowest BCUT2D eigenvalue weighted by Gasteiger charge is -2.33. The summed E-state index contributed by atoms with van der Waals surface area (Å²) in [6.07, 6.45) is 2.14. The van der Waals surface area contributed by atoms with Crippen molar-refractivity contribution in [3.63, 3.8) is 0 Å². The van der Waals surface area contributed by atoms with Gasteiger partial charge in [-0.3, -0.25) is 0 Å². The van der Waals surface area contributed by atoms with E-state index in [0.717, 1.165) is 44.6 Å². The number of hydrogen-bond donors (Lipinski definition) is 2. The van der Waals surface area contributed by atoms with Crippen LogP contribution < -0.4 is 5.32 Å². The van der Waals surface area contributed by atoms with Gasteiger partial charge in [0.1, 0.15) is 0 Å². The number of aliphatic hydroxyl groups is 1. The predicted octanol–water partition coefficient (Wildman–Crippen LogP) is 0.951. The number of nitrogens with zero attached hydrogens (tertiary/aromatic N) is 1. The number of hydrogen-bond acceptors (Lipinski definition) is 4. The molecular formula is C14H30N2O2. The second-order valence-electron chi connectivity index (χ2n) is 5.91. The van der Waals surface area contributed by atoms with Gasteiger partial charge in [-0.25, -0.2) is 0 Å². The van der Waals surface area contributed by atoms with E-state index in [4.69, 9.17) is 4.74 Å². The Morgan fingerprint density at radius 1 is 1.33 bits per heavy atom. The first-order valence-corrected chi connectivity index (χ1v) is 7.22. The first-order chi connectivity index (χ1) is 8.61. The molecule has 0 aliphatic carbocycles. The molecule has 1 rings (SSSR count). The van der Waals surface area contributed by atoms with E-state index in [1.165, 1.54) is 12.8 Å². The summed E-state index contributed by atoms with van der Waals surface area (Å²) in [6, 6.07) is 0. The van der Waals surface area contributed by atoms with E-state index >= 15 is 0 Å². The molecule has 0 aromatic rings. The zero-order chi connectivity index (χ0) is 13.4. The highest BCUT2D eigenvalue weighted by molar-refractivity contribution is 4.75. The van der Waals surface area contributed by atoms with Crippen LogP contribution in [0.3, 0.4) is 0 Å². The molecule has 1 fully saturated rings. The highest BCUT2D eigenvalue weighted by Crippen LogP contribution is 2.16. The Labute approximate surface area is 112 Å². The van der Waals surface area contributed by atoms with Crippen molar-refractivity contribution in [2.24, 2.45) is 11.8 Å². The molecule has 1 unspecified atom stereocenters. The average molecular weight is 258 g/mol. The molecule has 1 saturated heterocycles. The summed E-state index contributed by atoms with van der Waals surface area (Å²) in [4.78, 5) is 2.35. The lowest BCUT2D eigenvalue weighted by Crippen LogP contribution is -2.42. The van der Waals surface area contributed by atoms with Crippen molar-refractivity contribution in [2.75, 3.05) is 46.4 Å². The number of ether oxygens (including phenoxy) is 1. The van der Waals surface area contributed by atoms with Crippen LogP contribution in [0.5, 0.6) is 0 Å². The second-order valence-corrected chi connectivity index (χ2v) is 5.91. The average Bonchev–Trinajstić information content (AvgIpc) is 2.31. The summed E-state index contributed by atoms with van der Waals surface area (Å²) < 4.78 is 4.96. The van der Waals surface area contributed by atoms with Crippen LogP contribution in [0.2, 0.25) is 0 Å². The fourth-order valence-corrected chi connectivity index (χ4v) is 2.49. The van der Waals surface area contributed by atoms with E-state index < -0.39 is 0 Å². The van der Waals surface area contributed by atoms with Crippen molar-refractivity contribution in [1.82, 2.24) is 10.2 Å². The van der Waals surface area contributed by atoms with E-state index in [0.29, 0.717) is 6.61 Å². The van der Waals surface area contributed by atoms with Crippen LogP contribution >= 0.6 is 0 Å². The first-order valence-electron chi connectivity index (χ1n) is 7.22. The molecule has 1 heterocycles. The number of aliphatic hydroxyl groups excluding tert-OH is 1. The molecular weight excluding hydrogens is 228 g/mol. The smallest absolute Gasteiger partial charge is 0.0900 e. The zero-order valence-corrected chi connectivity index (χ0v) is 12.2. The Kier molecular flexibility index (Phi) is 7.82. The molecule has 0 spiro atoms. The summed E-state index contributed by atoms with van der Waals surface area (Å²) >= 11 is 0. The van der Waals surface area contributed by atoms with E-state index in [1.54, 1.807) is 7.11 Å². The molecule has 18 heavy (non-hydrogen) atoms. The summed E-state index contributed by atoms with van der Waals surface area (Å²) in [5.74, 6) is 1.54. The molecule has 0 radical (unpaired) electrons. The molecule has 1 atom stereocenters. The Bertz CT molecular complexity index is 204. The van der Waals surface area contributed by atoms with Gasteiger partial charge in [0.05, 0.1) is 12.7 Å². The Morgan fingerprint density at radius 3 is 2.56 bits per heavy atom. The van der Waals surface area contributed by atoms with Crippen molar-refractivity contribution in [3.8, 4) is 0 Å². The number of likely N-dealkylation sites (tertiary alicyclic amines) is 1. The topological polar surface area (TPSA) is 44.7 Å². The third-order valence-electron chi connectivity index (χ3n) is 3.52. The van der Waals surface area contributed by atoms with Gasteiger partial charge < -0.3 is 20.1 Å². The molecule has 0 amide bonds. The van der Waals surface area contributed by atoms with Crippen LogP contribution in [-0.4, -0.2) is 62.6 Å². The predicted molar refractivity (Wildman–Crippen MR) is 74.8 cm³/mol. The number of methoxy groups -OCH3 is 1. The monoisotopic (exact) mass is 258 g/mol. The number of rotatable bonds is 8. The molecule has 0 bridgehead atoms. The maximum atomic E-state index is 9.69. The largest absolute Gasteiger partial charge is 0.389 e. The van der Waals surface area contributed by atoms with Crippen molar-refractivity contribution in [1.29, 1.82) is 0 Å². The number of nitrogens with one attached hydrogen (secondary N) is 1. The highest BCUT2D eigenvalue weighted by atomic mass is 16.5. The fraction of sp³-hybridized carbons (Fsp3) is 1.00. The van der Waals surface area contributed by atoms with Crippen LogP contribution in [0.25, 0.3) is 0 Å². The highest BCUT2D eigenvalue weighted by Gasteiger charge is 2.20. The minimum Gasteiger partial charge on any atom is -0.389 e. The van der Waals surface area contributed by atoms with Gasteiger partial charge in [-0.2, -0.15) is 0 Å². The van der Waals surface area contributed by atoms with Crippen LogP contribution in [-0.2, 0) is 4.74 Å². The van der Waals surface area contributed by atoms with E-state index in [1.807, 2.05) is 0 Å². The first kappa shape index (κ1) is 15.9. The van der Waals surface area contributed by atoms with Crippen molar-refractivity contribution < 1.29 is 9.84 Å². The van der Waals surface area contributed by atoms with Gasteiger partial charge in [0.25, 0.3) is 0 Å². The summed E-state index contributed by atoms with van der Waals surface area (Å²) in [7, 11) is 1.63. The Hall–Kier alpha value is -0.160. The van der Waals surface area contributed by atoms with Gasteiger partial charge in [0.2, 0.25) is 0 Å². The van der Waals surface area contributed by atoms with Gasteiger partial charge in [-0.05, 0) is 50.9 Å². The van der Waals surface area contributed by atoms with E-state index in [2.05, 4.69) is 24.1 Å². The van der Waals surface area contributed by atoms with Crippen LogP contribution in [0.1, 0.15) is 26.7 Å². The molecule has 0 aromatic heterocycles. The SMILES string of the molecule is COCC(O)CN1CCC(CNCC(C)C)CC1. The molecule has 0 saturated carbocycles. The molecule has 4 nitrogen and oxygen atoms in total. The van der Waals surface area contributed by atoms with Gasteiger partial charge in [-0.1, -0.05) is 13.8 Å². The minimum absolute atomic E-state index is 0.342. The molecule has 4 heteroatoms. The summed E-state index contributed by atoms with van der Waals surface area (Å²) in [5.41, 5.74) is 0. The lowest BCUT2D eigenvalue weighted by atomic mass is 9.96. The standard InChI is InChI=1S/C14H30N2O2/c1-12(2)8-15-9-13-4-6-16(7-5-13)10-14(17)11-18-3/h12-15,17H,4-11H2,1-3H3. The van der Waals surface area contributed by atoms with Gasteiger partial charge in [0, 0.05) is 13.7 Å². The van der Waals surface area contributed by atoms with Crippen LogP contribution in [0.4, 0.5) is 0 Å². The summed E-state index contributed by atoms with van der Waals surface area (Å²) in [6.45, 7) is 10.2. The van der Waals surface area contributed by atoms with Crippen molar-refractivity contribution in [2.45, 2.75) is 32.8 Å². The quantitative estimate of drug-likeness (QED) is 0.680. The third-order valence-corrected chi connectivity index (χ3v) is 3.52. The van der Waals surface area contributed by atoms with E-state index in [-0.39, 0.29) is 6.10 Å². The number of β-amino-alcohol motifs (C(OH)–C–C–N with tert-alkyl or cyclic N) is 1. The second kappa shape index (κ2) is 8.86. The normalized spacial score (nSPS) is 20.5. The minimum atomic E-state index is -0.342.